The molecule has 0 saturated heterocycles. The van der Waals surface area contributed by atoms with Crippen LogP contribution in [0.1, 0.15) is 37.0 Å². The van der Waals surface area contributed by atoms with Crippen molar-refractivity contribution in [3.05, 3.63) is 23.8 Å². The van der Waals surface area contributed by atoms with Crippen LogP contribution < -0.4 is 5.32 Å². The van der Waals surface area contributed by atoms with Gasteiger partial charge in [-0.15, -0.1) is 0 Å². The highest BCUT2D eigenvalue weighted by Gasteiger charge is 2.15. The van der Waals surface area contributed by atoms with Gasteiger partial charge in [-0.3, -0.25) is 4.79 Å². The van der Waals surface area contributed by atoms with E-state index in [4.69, 9.17) is 9.84 Å². The summed E-state index contributed by atoms with van der Waals surface area (Å²) in [6.45, 7) is 3.47. The summed E-state index contributed by atoms with van der Waals surface area (Å²) in [7, 11) is 0. The fourth-order valence-corrected chi connectivity index (χ4v) is 1.72. The number of carbonyl (C=O) groups excluding carboxylic acids is 2. The number of phenolic OH excluding ortho intramolecular Hbond substituents is 2. The summed E-state index contributed by atoms with van der Waals surface area (Å²) in [5.41, 5.74) is -0.0998. The van der Waals surface area contributed by atoms with Gasteiger partial charge >= 0.3 is 5.97 Å². The van der Waals surface area contributed by atoms with E-state index in [1.165, 1.54) is 12.1 Å². The maximum absolute atomic E-state index is 11.6. The van der Waals surface area contributed by atoms with Crippen molar-refractivity contribution in [1.82, 2.24) is 5.32 Å². The molecule has 0 radical (unpaired) electrons. The first-order chi connectivity index (χ1) is 9.43. The first-order valence-electron chi connectivity index (χ1n) is 6.42. The molecule has 1 aromatic carbocycles. The number of amides is 1. The maximum atomic E-state index is 11.6. The average molecular weight is 281 g/mol. The third-order valence-corrected chi connectivity index (χ3v) is 2.66. The maximum Gasteiger partial charge on any atom is 0.342 e. The molecule has 0 aromatic heterocycles. The van der Waals surface area contributed by atoms with E-state index < -0.39 is 24.2 Å². The lowest BCUT2D eigenvalue weighted by atomic mass is 10.2. The van der Waals surface area contributed by atoms with E-state index in [1.54, 1.807) is 0 Å². The topological polar surface area (TPSA) is 95.9 Å². The highest BCUT2D eigenvalue weighted by atomic mass is 16.5. The molecule has 0 unspecified atom stereocenters. The molecule has 6 nitrogen and oxygen atoms in total. The normalized spacial score (nSPS) is 11.7. The molecule has 110 valence electrons. The summed E-state index contributed by atoms with van der Waals surface area (Å²) < 4.78 is 4.80. The van der Waals surface area contributed by atoms with Crippen LogP contribution in [0.2, 0.25) is 0 Å². The zero-order valence-corrected chi connectivity index (χ0v) is 11.5. The summed E-state index contributed by atoms with van der Waals surface area (Å²) in [4.78, 5) is 23.2. The Bertz CT molecular complexity index is 486. The summed E-state index contributed by atoms with van der Waals surface area (Å²) in [6.07, 6.45) is 1.79. The number of hydrogen-bond donors (Lipinski definition) is 3. The number of esters is 1. The standard InChI is InChI=1S/C14H19NO5/c1-3-4-9(2)15-13(18)8-20-14(19)11-6-5-10(16)7-12(11)17/h5-7,9,16-17H,3-4,8H2,1-2H3,(H,15,18)/t9-/m0/s1. The first-order valence-corrected chi connectivity index (χ1v) is 6.42. The molecule has 3 N–H and O–H groups in total. The van der Waals surface area contributed by atoms with Crippen molar-refractivity contribution < 1.29 is 24.5 Å². The van der Waals surface area contributed by atoms with Gasteiger partial charge in [0.05, 0.1) is 0 Å². The third kappa shape index (κ3) is 4.79. The minimum absolute atomic E-state index is 0.0216. The number of rotatable bonds is 6. The Labute approximate surface area is 117 Å². The van der Waals surface area contributed by atoms with Crippen LogP contribution in [0.15, 0.2) is 18.2 Å². The van der Waals surface area contributed by atoms with E-state index in [2.05, 4.69) is 5.32 Å². The van der Waals surface area contributed by atoms with Crippen LogP contribution in [0.3, 0.4) is 0 Å². The molecule has 0 aliphatic heterocycles. The van der Waals surface area contributed by atoms with Gasteiger partial charge in [0.1, 0.15) is 17.1 Å². The second-order valence-electron chi connectivity index (χ2n) is 4.53. The molecule has 1 aromatic rings. The van der Waals surface area contributed by atoms with E-state index >= 15 is 0 Å². The molecule has 0 aliphatic rings. The second-order valence-corrected chi connectivity index (χ2v) is 4.53. The van der Waals surface area contributed by atoms with Crippen LogP contribution in [0.25, 0.3) is 0 Å². The summed E-state index contributed by atoms with van der Waals surface area (Å²) >= 11 is 0. The van der Waals surface area contributed by atoms with Crippen molar-refractivity contribution in [2.75, 3.05) is 6.61 Å². The van der Waals surface area contributed by atoms with E-state index in [9.17, 15) is 14.7 Å². The third-order valence-electron chi connectivity index (χ3n) is 2.66. The van der Waals surface area contributed by atoms with Crippen molar-refractivity contribution in [3.8, 4) is 11.5 Å². The Morgan fingerprint density at radius 2 is 2.05 bits per heavy atom. The van der Waals surface area contributed by atoms with Gasteiger partial charge in [0.15, 0.2) is 6.61 Å². The lowest BCUT2D eigenvalue weighted by Gasteiger charge is -2.12. The Kier molecular flexibility index (Phi) is 5.83. The number of benzene rings is 1. The van der Waals surface area contributed by atoms with Crippen molar-refractivity contribution >= 4 is 11.9 Å². The predicted molar refractivity (Wildman–Crippen MR) is 72.6 cm³/mol. The van der Waals surface area contributed by atoms with Gasteiger partial charge in [0, 0.05) is 12.1 Å². The Morgan fingerprint density at radius 3 is 2.65 bits per heavy atom. The predicted octanol–water partition coefficient (Wildman–Crippen LogP) is 1.56. The van der Waals surface area contributed by atoms with E-state index in [1.807, 2.05) is 13.8 Å². The van der Waals surface area contributed by atoms with E-state index in [0.29, 0.717) is 0 Å². The monoisotopic (exact) mass is 281 g/mol. The molecular formula is C14H19NO5. The van der Waals surface area contributed by atoms with Crippen molar-refractivity contribution in [3.63, 3.8) is 0 Å². The zero-order chi connectivity index (χ0) is 15.1. The molecule has 0 fully saturated rings. The number of carbonyl (C=O) groups is 2. The second kappa shape index (κ2) is 7.37. The first kappa shape index (κ1) is 15.8. The number of phenols is 2. The molecule has 6 heteroatoms. The lowest BCUT2D eigenvalue weighted by Crippen LogP contribution is -2.35. The van der Waals surface area contributed by atoms with Crippen LogP contribution in [0.5, 0.6) is 11.5 Å². The number of aromatic hydroxyl groups is 2. The smallest absolute Gasteiger partial charge is 0.342 e. The quantitative estimate of drug-likeness (QED) is 0.688. The fourth-order valence-electron chi connectivity index (χ4n) is 1.72. The summed E-state index contributed by atoms with van der Waals surface area (Å²) in [5, 5.41) is 21.3. The van der Waals surface area contributed by atoms with Crippen LogP contribution in [0.4, 0.5) is 0 Å². The van der Waals surface area contributed by atoms with Crippen LogP contribution in [0, 0.1) is 0 Å². The summed E-state index contributed by atoms with van der Waals surface area (Å²) in [5.74, 6) is -1.77. The molecule has 0 bridgehead atoms. The minimum atomic E-state index is -0.819. The van der Waals surface area contributed by atoms with Crippen molar-refractivity contribution in [2.24, 2.45) is 0 Å². The molecule has 0 heterocycles. The molecule has 20 heavy (non-hydrogen) atoms. The molecule has 0 aliphatic carbocycles. The van der Waals surface area contributed by atoms with Gasteiger partial charge < -0.3 is 20.3 Å². The van der Waals surface area contributed by atoms with Crippen LogP contribution in [-0.4, -0.2) is 34.7 Å². The molecule has 1 amide bonds. The molecular weight excluding hydrogens is 262 g/mol. The Morgan fingerprint density at radius 1 is 1.35 bits per heavy atom. The largest absolute Gasteiger partial charge is 0.508 e. The van der Waals surface area contributed by atoms with Gasteiger partial charge in [0.25, 0.3) is 5.91 Å². The highest BCUT2D eigenvalue weighted by molar-refractivity contribution is 5.94. The van der Waals surface area contributed by atoms with Gasteiger partial charge in [-0.1, -0.05) is 13.3 Å². The van der Waals surface area contributed by atoms with Gasteiger partial charge in [-0.25, -0.2) is 4.79 Å². The SMILES string of the molecule is CCC[C@H](C)NC(=O)COC(=O)c1ccc(O)cc1O. The Hall–Kier alpha value is -2.24. The summed E-state index contributed by atoms with van der Waals surface area (Å²) in [6, 6.07) is 3.53. The minimum Gasteiger partial charge on any atom is -0.508 e. The Balaban J connectivity index is 2.49. The number of ether oxygens (including phenoxy) is 1. The highest BCUT2D eigenvalue weighted by Crippen LogP contribution is 2.23. The van der Waals surface area contributed by atoms with Gasteiger partial charge in [0.2, 0.25) is 0 Å². The van der Waals surface area contributed by atoms with Crippen molar-refractivity contribution in [1.29, 1.82) is 0 Å². The van der Waals surface area contributed by atoms with Gasteiger partial charge in [-0.05, 0) is 25.5 Å². The van der Waals surface area contributed by atoms with E-state index in [-0.39, 0.29) is 17.4 Å². The molecule has 1 atom stereocenters. The molecule has 0 saturated carbocycles. The van der Waals surface area contributed by atoms with E-state index in [0.717, 1.165) is 18.9 Å². The molecule has 0 spiro atoms. The van der Waals surface area contributed by atoms with Gasteiger partial charge in [-0.2, -0.15) is 0 Å². The average Bonchev–Trinajstić information content (AvgIpc) is 2.36. The number of nitrogens with one attached hydrogen (secondary N) is 1. The fraction of sp³-hybridized carbons (Fsp3) is 0.429. The van der Waals surface area contributed by atoms with Crippen LogP contribution >= 0.6 is 0 Å². The van der Waals surface area contributed by atoms with Crippen LogP contribution in [-0.2, 0) is 9.53 Å². The number of hydrogen-bond acceptors (Lipinski definition) is 5. The zero-order valence-electron chi connectivity index (χ0n) is 11.5. The molecule has 1 rings (SSSR count). The lowest BCUT2D eigenvalue weighted by molar-refractivity contribution is -0.124. The van der Waals surface area contributed by atoms with Crippen molar-refractivity contribution in [2.45, 2.75) is 32.7 Å².